The molecule has 0 aliphatic heterocycles. The summed E-state index contributed by atoms with van der Waals surface area (Å²) in [4.78, 5) is -0.223. The molecule has 0 saturated carbocycles. The van der Waals surface area contributed by atoms with Gasteiger partial charge in [-0.1, -0.05) is 0 Å². The van der Waals surface area contributed by atoms with Crippen LogP contribution in [-0.4, -0.2) is 35.5 Å². The SMILES string of the molecule is COc1ccc(S(=O)(=O)Nc2ccc(Oc3ccc(-n4ccc(C)n4)nn3)cc2)cc1F. The van der Waals surface area contributed by atoms with Crippen molar-refractivity contribution in [3.63, 3.8) is 0 Å². The van der Waals surface area contributed by atoms with Gasteiger partial charge in [-0.25, -0.2) is 17.5 Å². The van der Waals surface area contributed by atoms with Gasteiger partial charge in [0.15, 0.2) is 17.4 Å². The lowest BCUT2D eigenvalue weighted by Crippen LogP contribution is -2.13. The Balaban J connectivity index is 1.43. The highest BCUT2D eigenvalue weighted by atomic mass is 32.2. The summed E-state index contributed by atoms with van der Waals surface area (Å²) in [5.74, 6) is 0.431. The van der Waals surface area contributed by atoms with Gasteiger partial charge in [0.05, 0.1) is 17.7 Å². The third-order valence-electron chi connectivity index (χ3n) is 4.35. The minimum atomic E-state index is -3.98. The van der Waals surface area contributed by atoms with E-state index in [0.29, 0.717) is 11.6 Å². The quantitative estimate of drug-likeness (QED) is 0.452. The third kappa shape index (κ3) is 4.67. The molecule has 0 fully saturated rings. The average Bonchev–Trinajstić information content (AvgIpc) is 3.21. The fourth-order valence-electron chi connectivity index (χ4n) is 2.77. The van der Waals surface area contributed by atoms with Gasteiger partial charge < -0.3 is 9.47 Å². The van der Waals surface area contributed by atoms with Gasteiger partial charge in [0, 0.05) is 18.0 Å². The van der Waals surface area contributed by atoms with Crippen LogP contribution in [0.5, 0.6) is 17.4 Å². The van der Waals surface area contributed by atoms with Crippen molar-refractivity contribution >= 4 is 15.7 Å². The van der Waals surface area contributed by atoms with E-state index < -0.39 is 15.8 Å². The number of rotatable bonds is 7. The highest BCUT2D eigenvalue weighted by Crippen LogP contribution is 2.25. The molecular weight excluding hydrogens is 437 g/mol. The van der Waals surface area contributed by atoms with E-state index in [-0.39, 0.29) is 22.2 Å². The maximum absolute atomic E-state index is 13.9. The molecule has 0 spiro atoms. The Morgan fingerprint density at radius 2 is 1.78 bits per heavy atom. The zero-order valence-corrected chi connectivity index (χ0v) is 17.9. The fraction of sp³-hybridized carbons (Fsp3) is 0.0952. The number of sulfonamides is 1. The minimum absolute atomic E-state index is 0.0404. The summed E-state index contributed by atoms with van der Waals surface area (Å²) in [6.45, 7) is 1.88. The normalized spacial score (nSPS) is 11.2. The van der Waals surface area contributed by atoms with E-state index in [1.54, 1.807) is 35.1 Å². The Morgan fingerprint density at radius 3 is 2.38 bits per heavy atom. The van der Waals surface area contributed by atoms with Crippen LogP contribution in [0, 0.1) is 12.7 Å². The second-order valence-electron chi connectivity index (χ2n) is 6.66. The molecule has 11 heteroatoms. The number of ether oxygens (including phenoxy) is 2. The Bertz CT molecular complexity index is 1340. The molecule has 164 valence electrons. The first-order valence-electron chi connectivity index (χ1n) is 9.35. The molecule has 1 N–H and O–H groups in total. The lowest BCUT2D eigenvalue weighted by atomic mass is 10.3. The molecule has 0 aliphatic rings. The summed E-state index contributed by atoms with van der Waals surface area (Å²) in [7, 11) is -2.68. The minimum Gasteiger partial charge on any atom is -0.494 e. The van der Waals surface area contributed by atoms with E-state index in [4.69, 9.17) is 9.47 Å². The molecule has 2 aromatic heterocycles. The highest BCUT2D eigenvalue weighted by Gasteiger charge is 2.17. The molecule has 0 aliphatic carbocycles. The first kappa shape index (κ1) is 21.2. The van der Waals surface area contributed by atoms with Gasteiger partial charge >= 0.3 is 0 Å². The molecule has 4 rings (SSSR count). The number of aromatic nitrogens is 4. The van der Waals surface area contributed by atoms with Crippen molar-refractivity contribution in [2.45, 2.75) is 11.8 Å². The highest BCUT2D eigenvalue weighted by molar-refractivity contribution is 7.92. The summed E-state index contributed by atoms with van der Waals surface area (Å²) >= 11 is 0. The number of hydrogen-bond donors (Lipinski definition) is 1. The first-order chi connectivity index (χ1) is 15.3. The summed E-state index contributed by atoms with van der Waals surface area (Å²) in [5, 5.41) is 12.3. The van der Waals surface area contributed by atoms with Crippen LogP contribution in [0.25, 0.3) is 5.82 Å². The molecule has 0 atom stereocenters. The van der Waals surface area contributed by atoms with Crippen LogP contribution in [0.1, 0.15) is 5.69 Å². The van der Waals surface area contributed by atoms with E-state index in [1.165, 1.54) is 31.4 Å². The molecule has 0 unspecified atom stereocenters. The number of benzene rings is 2. The van der Waals surface area contributed by atoms with Crippen LogP contribution in [0.3, 0.4) is 0 Å². The summed E-state index contributed by atoms with van der Waals surface area (Å²) in [5.41, 5.74) is 1.14. The van der Waals surface area contributed by atoms with Crippen LogP contribution in [0.4, 0.5) is 10.1 Å². The monoisotopic (exact) mass is 455 g/mol. The number of nitrogens with zero attached hydrogens (tertiary/aromatic N) is 4. The molecular formula is C21H18FN5O4S. The van der Waals surface area contributed by atoms with Crippen molar-refractivity contribution in [3.05, 3.63) is 78.4 Å². The number of methoxy groups -OCH3 is 1. The van der Waals surface area contributed by atoms with Crippen molar-refractivity contribution in [2.75, 3.05) is 11.8 Å². The van der Waals surface area contributed by atoms with E-state index in [2.05, 4.69) is 20.0 Å². The van der Waals surface area contributed by atoms with Gasteiger partial charge in [0.1, 0.15) is 5.75 Å². The van der Waals surface area contributed by atoms with Crippen LogP contribution in [0.15, 0.2) is 71.8 Å². The molecule has 9 nitrogen and oxygen atoms in total. The van der Waals surface area contributed by atoms with Crippen LogP contribution in [0.2, 0.25) is 0 Å². The van der Waals surface area contributed by atoms with Crippen LogP contribution < -0.4 is 14.2 Å². The maximum atomic E-state index is 13.9. The largest absolute Gasteiger partial charge is 0.494 e. The summed E-state index contributed by atoms with van der Waals surface area (Å²) in [6, 6.07) is 14.8. The summed E-state index contributed by atoms with van der Waals surface area (Å²) < 4.78 is 53.3. The van der Waals surface area contributed by atoms with E-state index >= 15 is 0 Å². The van der Waals surface area contributed by atoms with Gasteiger partial charge in [0.25, 0.3) is 10.0 Å². The lowest BCUT2D eigenvalue weighted by molar-refractivity contribution is 0.385. The van der Waals surface area contributed by atoms with Crippen molar-refractivity contribution in [1.82, 2.24) is 20.0 Å². The average molecular weight is 455 g/mol. The van der Waals surface area contributed by atoms with E-state index in [1.807, 2.05) is 13.0 Å². The second kappa shape index (κ2) is 8.63. The molecule has 32 heavy (non-hydrogen) atoms. The van der Waals surface area contributed by atoms with Crippen molar-refractivity contribution in [2.24, 2.45) is 0 Å². The third-order valence-corrected chi connectivity index (χ3v) is 5.72. The van der Waals surface area contributed by atoms with Crippen LogP contribution in [-0.2, 0) is 10.0 Å². The van der Waals surface area contributed by atoms with Crippen molar-refractivity contribution < 1.29 is 22.3 Å². The Labute approximate surface area is 183 Å². The maximum Gasteiger partial charge on any atom is 0.262 e. The standard InChI is InChI=1S/C21H18FN5O4S/c1-14-11-12-27(25-14)20-9-10-21(24-23-20)31-16-5-3-15(4-6-16)26-32(28,29)17-7-8-19(30-2)18(22)13-17/h3-13,26H,1-2H3. The Kier molecular flexibility index (Phi) is 5.73. The second-order valence-corrected chi connectivity index (χ2v) is 8.34. The molecule has 0 bridgehead atoms. The van der Waals surface area contributed by atoms with Gasteiger partial charge in [-0.2, -0.15) is 5.10 Å². The van der Waals surface area contributed by atoms with Gasteiger partial charge in [-0.3, -0.25) is 4.72 Å². The number of hydrogen-bond acceptors (Lipinski definition) is 7. The number of halogens is 1. The van der Waals surface area contributed by atoms with Crippen LogP contribution >= 0.6 is 0 Å². The van der Waals surface area contributed by atoms with E-state index in [9.17, 15) is 12.8 Å². The number of nitrogens with one attached hydrogen (secondary N) is 1. The zero-order valence-electron chi connectivity index (χ0n) is 17.1. The molecule has 0 saturated heterocycles. The Hall–Kier alpha value is -3.99. The van der Waals surface area contributed by atoms with E-state index in [0.717, 1.165) is 11.8 Å². The Morgan fingerprint density at radius 1 is 1.00 bits per heavy atom. The number of aryl methyl sites for hydroxylation is 1. The first-order valence-corrected chi connectivity index (χ1v) is 10.8. The van der Waals surface area contributed by atoms with Crippen molar-refractivity contribution in [1.29, 1.82) is 0 Å². The van der Waals surface area contributed by atoms with Gasteiger partial charge in [0.2, 0.25) is 5.88 Å². The fourth-order valence-corrected chi connectivity index (χ4v) is 3.84. The molecule has 0 radical (unpaired) electrons. The number of anilines is 1. The molecule has 0 amide bonds. The topological polar surface area (TPSA) is 108 Å². The predicted molar refractivity (Wildman–Crippen MR) is 114 cm³/mol. The molecule has 4 aromatic rings. The summed E-state index contributed by atoms with van der Waals surface area (Å²) in [6.07, 6.45) is 1.78. The van der Waals surface area contributed by atoms with Crippen molar-refractivity contribution in [3.8, 4) is 23.2 Å². The van der Waals surface area contributed by atoms with Gasteiger partial charge in [-0.15, -0.1) is 10.2 Å². The molecule has 2 aromatic carbocycles. The van der Waals surface area contributed by atoms with Gasteiger partial charge in [-0.05, 0) is 61.5 Å². The predicted octanol–water partition coefficient (Wildman–Crippen LogP) is 3.71. The smallest absolute Gasteiger partial charge is 0.262 e. The lowest BCUT2D eigenvalue weighted by Gasteiger charge is -2.10. The molecule has 2 heterocycles. The zero-order chi connectivity index (χ0) is 22.7.